The Kier molecular flexibility index (Phi) is 2.85. The van der Waals surface area contributed by atoms with Gasteiger partial charge in [-0.05, 0) is 36.3 Å². The van der Waals surface area contributed by atoms with Gasteiger partial charge in [0, 0.05) is 6.54 Å². The second kappa shape index (κ2) is 4.49. The molecular weight excluding hydrogens is 214 g/mol. The second-order valence-corrected chi connectivity index (χ2v) is 4.91. The molecule has 17 heavy (non-hydrogen) atoms. The van der Waals surface area contributed by atoms with Gasteiger partial charge in [-0.3, -0.25) is 0 Å². The van der Waals surface area contributed by atoms with E-state index < -0.39 is 0 Å². The van der Waals surface area contributed by atoms with Gasteiger partial charge in [0.05, 0.1) is 6.61 Å². The van der Waals surface area contributed by atoms with Crippen LogP contribution in [-0.2, 0) is 16.0 Å². The van der Waals surface area contributed by atoms with Crippen molar-refractivity contribution in [1.29, 1.82) is 0 Å². The molecule has 1 N–H and O–H groups in total. The summed E-state index contributed by atoms with van der Waals surface area (Å²) in [5, 5.41) is 3.24. The summed E-state index contributed by atoms with van der Waals surface area (Å²) in [4.78, 5) is 12.0. The molecule has 1 aliphatic heterocycles. The van der Waals surface area contributed by atoms with E-state index in [2.05, 4.69) is 11.4 Å². The lowest BCUT2D eigenvalue weighted by Crippen LogP contribution is -2.36. The third-order valence-corrected chi connectivity index (χ3v) is 3.50. The van der Waals surface area contributed by atoms with Crippen molar-refractivity contribution in [2.24, 2.45) is 5.92 Å². The zero-order valence-corrected chi connectivity index (χ0v) is 9.82. The molecule has 3 rings (SSSR count). The van der Waals surface area contributed by atoms with Gasteiger partial charge < -0.3 is 10.1 Å². The van der Waals surface area contributed by atoms with E-state index in [9.17, 15) is 4.79 Å². The first-order valence-corrected chi connectivity index (χ1v) is 6.32. The number of carbonyl (C=O) groups is 1. The fourth-order valence-corrected chi connectivity index (χ4v) is 2.28. The van der Waals surface area contributed by atoms with E-state index in [0.717, 1.165) is 18.5 Å². The fourth-order valence-electron chi connectivity index (χ4n) is 2.28. The van der Waals surface area contributed by atoms with E-state index in [1.54, 1.807) is 0 Å². The minimum absolute atomic E-state index is 0.121. The van der Waals surface area contributed by atoms with E-state index in [1.807, 2.05) is 18.2 Å². The lowest BCUT2D eigenvalue weighted by molar-refractivity contribution is -0.147. The number of hydrogen-bond acceptors (Lipinski definition) is 3. The maximum Gasteiger partial charge on any atom is 0.327 e. The Balaban J connectivity index is 1.72. The fraction of sp³-hybridized carbons (Fsp3) is 0.500. The van der Waals surface area contributed by atoms with E-state index in [4.69, 9.17) is 4.74 Å². The number of hydrogen-bond donors (Lipinski definition) is 1. The van der Waals surface area contributed by atoms with Crippen LogP contribution in [0.5, 0.6) is 0 Å². The highest BCUT2D eigenvalue weighted by Crippen LogP contribution is 2.30. The molecule has 0 amide bonds. The minimum Gasteiger partial charge on any atom is -0.464 e. The first-order valence-electron chi connectivity index (χ1n) is 6.32. The van der Waals surface area contributed by atoms with Crippen molar-refractivity contribution < 1.29 is 9.53 Å². The molecular formula is C14H17NO2. The van der Waals surface area contributed by atoms with Gasteiger partial charge in [0.25, 0.3) is 0 Å². The summed E-state index contributed by atoms with van der Waals surface area (Å²) in [7, 11) is 0. The van der Waals surface area contributed by atoms with Gasteiger partial charge in [0.1, 0.15) is 6.04 Å². The van der Waals surface area contributed by atoms with Crippen LogP contribution in [0.2, 0.25) is 0 Å². The summed E-state index contributed by atoms with van der Waals surface area (Å²) < 4.78 is 5.36. The van der Waals surface area contributed by atoms with Crippen LogP contribution in [0.4, 0.5) is 0 Å². The molecule has 1 saturated carbocycles. The number of esters is 1. The average Bonchev–Trinajstić information content (AvgIpc) is 3.19. The molecule has 3 nitrogen and oxygen atoms in total. The van der Waals surface area contributed by atoms with Crippen molar-refractivity contribution in [3.8, 4) is 0 Å². The van der Waals surface area contributed by atoms with Gasteiger partial charge >= 0.3 is 5.97 Å². The van der Waals surface area contributed by atoms with Gasteiger partial charge in [0.15, 0.2) is 0 Å². The molecule has 0 radical (unpaired) electrons. The molecule has 90 valence electrons. The molecule has 1 aromatic rings. The van der Waals surface area contributed by atoms with Crippen LogP contribution < -0.4 is 5.32 Å². The molecule has 1 unspecified atom stereocenters. The van der Waals surface area contributed by atoms with Gasteiger partial charge in [0.2, 0.25) is 0 Å². The van der Waals surface area contributed by atoms with Crippen molar-refractivity contribution in [2.45, 2.75) is 25.3 Å². The summed E-state index contributed by atoms with van der Waals surface area (Å²) in [5.74, 6) is 0.502. The van der Waals surface area contributed by atoms with Gasteiger partial charge in [-0.25, -0.2) is 4.79 Å². The zero-order chi connectivity index (χ0) is 11.7. The predicted octanol–water partition coefficient (Wildman–Crippen LogP) is 1.83. The van der Waals surface area contributed by atoms with Gasteiger partial charge in [-0.2, -0.15) is 0 Å². The van der Waals surface area contributed by atoms with Crippen LogP contribution in [0.1, 0.15) is 30.0 Å². The van der Waals surface area contributed by atoms with Crippen LogP contribution in [0.3, 0.4) is 0 Å². The van der Waals surface area contributed by atoms with Gasteiger partial charge in [-0.15, -0.1) is 0 Å². The highest BCUT2D eigenvalue weighted by atomic mass is 16.5. The number of benzene rings is 1. The molecule has 1 heterocycles. The van der Waals surface area contributed by atoms with Crippen molar-refractivity contribution in [1.82, 2.24) is 5.32 Å². The molecule has 0 aromatic heterocycles. The summed E-state index contributed by atoms with van der Waals surface area (Å²) in [6.07, 6.45) is 3.41. The number of ether oxygens (including phenoxy) is 1. The first-order chi connectivity index (χ1) is 8.34. The van der Waals surface area contributed by atoms with Crippen LogP contribution >= 0.6 is 0 Å². The van der Waals surface area contributed by atoms with Crippen LogP contribution in [0, 0.1) is 5.92 Å². The van der Waals surface area contributed by atoms with E-state index in [1.165, 1.54) is 18.4 Å². The van der Waals surface area contributed by atoms with Crippen LogP contribution in [-0.4, -0.2) is 19.1 Å². The molecule has 0 spiro atoms. The molecule has 1 aliphatic carbocycles. The Morgan fingerprint density at radius 2 is 2.18 bits per heavy atom. The normalized spacial score (nSPS) is 22.9. The Morgan fingerprint density at radius 3 is 3.00 bits per heavy atom. The lowest BCUT2D eigenvalue weighted by Gasteiger charge is -2.25. The lowest BCUT2D eigenvalue weighted by atomic mass is 9.94. The zero-order valence-electron chi connectivity index (χ0n) is 9.82. The summed E-state index contributed by atoms with van der Waals surface area (Å²) >= 11 is 0. The molecule has 1 fully saturated rings. The summed E-state index contributed by atoms with van der Waals surface area (Å²) in [6.45, 7) is 1.44. The van der Waals surface area contributed by atoms with E-state index in [0.29, 0.717) is 12.5 Å². The smallest absolute Gasteiger partial charge is 0.327 e. The summed E-state index contributed by atoms with van der Waals surface area (Å²) in [5.41, 5.74) is 2.35. The third kappa shape index (κ3) is 2.34. The van der Waals surface area contributed by atoms with Crippen molar-refractivity contribution in [3.63, 3.8) is 0 Å². The van der Waals surface area contributed by atoms with Gasteiger partial charge in [-0.1, -0.05) is 24.3 Å². The summed E-state index contributed by atoms with van der Waals surface area (Å²) in [6, 6.07) is 7.85. The SMILES string of the molecule is O=C(OCC1CC1)C1NCCc2ccccc21. The Bertz CT molecular complexity index is 426. The van der Waals surface area contributed by atoms with Crippen molar-refractivity contribution >= 4 is 5.97 Å². The number of nitrogens with one attached hydrogen (secondary N) is 1. The van der Waals surface area contributed by atoms with Crippen molar-refractivity contribution in [2.75, 3.05) is 13.2 Å². The maximum absolute atomic E-state index is 12.0. The Hall–Kier alpha value is -1.35. The maximum atomic E-state index is 12.0. The standard InChI is InChI=1S/C14H17NO2/c16-14(17-9-10-5-6-10)13-12-4-2-1-3-11(12)7-8-15-13/h1-4,10,13,15H,5-9H2. The second-order valence-electron chi connectivity index (χ2n) is 4.91. The van der Waals surface area contributed by atoms with E-state index >= 15 is 0 Å². The monoisotopic (exact) mass is 231 g/mol. The first kappa shape index (κ1) is 10.8. The molecule has 0 saturated heterocycles. The highest BCUT2D eigenvalue weighted by Gasteiger charge is 2.29. The largest absolute Gasteiger partial charge is 0.464 e. The van der Waals surface area contributed by atoms with Crippen LogP contribution in [0.15, 0.2) is 24.3 Å². The highest BCUT2D eigenvalue weighted by molar-refractivity contribution is 5.78. The number of carbonyl (C=O) groups excluding carboxylic acids is 1. The average molecular weight is 231 g/mol. The van der Waals surface area contributed by atoms with E-state index in [-0.39, 0.29) is 12.0 Å². The topological polar surface area (TPSA) is 38.3 Å². The molecule has 1 aromatic carbocycles. The molecule has 2 aliphatic rings. The minimum atomic E-state index is -0.265. The third-order valence-electron chi connectivity index (χ3n) is 3.50. The predicted molar refractivity (Wildman–Crippen MR) is 64.6 cm³/mol. The Labute approximate surface area is 101 Å². The van der Waals surface area contributed by atoms with Crippen LogP contribution in [0.25, 0.3) is 0 Å². The molecule has 1 atom stereocenters. The van der Waals surface area contributed by atoms with Crippen molar-refractivity contribution in [3.05, 3.63) is 35.4 Å². The molecule has 0 bridgehead atoms. The Morgan fingerprint density at radius 1 is 1.35 bits per heavy atom. The number of fused-ring (bicyclic) bond motifs is 1. The number of rotatable bonds is 3. The quantitative estimate of drug-likeness (QED) is 0.806. The molecule has 3 heteroatoms.